The van der Waals surface area contributed by atoms with Crippen LogP contribution in [0.15, 0.2) is 30.5 Å². The van der Waals surface area contributed by atoms with Crippen LogP contribution in [0.25, 0.3) is 0 Å². The quantitative estimate of drug-likeness (QED) is 0.508. The van der Waals surface area contributed by atoms with E-state index in [1.165, 1.54) is 10.7 Å². The van der Waals surface area contributed by atoms with Gasteiger partial charge in [0.05, 0.1) is 5.56 Å². The molecule has 7 nitrogen and oxygen atoms in total. The van der Waals surface area contributed by atoms with Gasteiger partial charge in [0.1, 0.15) is 5.69 Å². The average molecular weight is 530 g/mol. The number of hydrogen-bond acceptors (Lipinski definition) is 5. The van der Waals surface area contributed by atoms with Gasteiger partial charge in [-0.1, -0.05) is 0 Å². The van der Waals surface area contributed by atoms with Gasteiger partial charge in [-0.05, 0) is 86.7 Å². The Morgan fingerprint density at radius 2 is 1.68 bits per heavy atom. The second-order valence-electron chi connectivity index (χ2n) is 11.5. The Kier molecular flexibility index (Phi) is 6.48. The van der Waals surface area contributed by atoms with E-state index >= 15 is 0 Å². The third-order valence-corrected chi connectivity index (χ3v) is 8.86. The van der Waals surface area contributed by atoms with Gasteiger partial charge >= 0.3 is 12.2 Å². The third-order valence-electron chi connectivity index (χ3n) is 8.86. The number of anilines is 1. The van der Waals surface area contributed by atoms with Gasteiger partial charge < -0.3 is 9.80 Å². The van der Waals surface area contributed by atoms with E-state index in [9.17, 15) is 22.8 Å². The van der Waals surface area contributed by atoms with Crippen LogP contribution in [-0.4, -0.2) is 70.7 Å². The second-order valence-corrected chi connectivity index (χ2v) is 11.5. The molecule has 0 radical (unpaired) electrons. The lowest BCUT2D eigenvalue weighted by Crippen LogP contribution is -2.45. The molecular formula is C28H34F3N5O2. The van der Waals surface area contributed by atoms with Crippen LogP contribution in [0.5, 0.6) is 0 Å². The zero-order valence-electron chi connectivity index (χ0n) is 21.6. The highest BCUT2D eigenvalue weighted by Gasteiger charge is 2.42. The van der Waals surface area contributed by atoms with Crippen LogP contribution in [0.4, 0.5) is 23.7 Å². The van der Waals surface area contributed by atoms with Crippen LogP contribution >= 0.6 is 0 Å². The zero-order chi connectivity index (χ0) is 26.5. The Hall–Kier alpha value is -2.88. The highest BCUT2D eigenvalue weighted by atomic mass is 19.4. The van der Waals surface area contributed by atoms with Crippen LogP contribution in [-0.2, 0) is 12.7 Å². The van der Waals surface area contributed by atoms with E-state index in [1.54, 1.807) is 29.3 Å². The number of Topliss-reactive ketones (excluding diaryl/α,β-unsaturated/α-hetero) is 1. The molecule has 6 rings (SSSR count). The predicted molar refractivity (Wildman–Crippen MR) is 136 cm³/mol. The summed E-state index contributed by atoms with van der Waals surface area (Å²) in [7, 11) is 0. The van der Waals surface area contributed by atoms with E-state index < -0.39 is 11.7 Å². The van der Waals surface area contributed by atoms with Crippen LogP contribution in [0, 0.1) is 11.3 Å². The van der Waals surface area contributed by atoms with Gasteiger partial charge in [0.25, 0.3) is 0 Å². The number of halogens is 3. The molecule has 0 unspecified atom stereocenters. The number of piperidine rings is 1. The minimum atomic E-state index is -4.38. The van der Waals surface area contributed by atoms with Gasteiger partial charge in [0.2, 0.25) is 0 Å². The van der Waals surface area contributed by atoms with E-state index in [4.69, 9.17) is 0 Å². The molecule has 3 saturated heterocycles. The van der Waals surface area contributed by atoms with E-state index in [-0.39, 0.29) is 29.7 Å². The Labute approximate surface area is 220 Å². The molecule has 3 aliphatic heterocycles. The number of alkyl halides is 3. The second kappa shape index (κ2) is 9.70. The summed E-state index contributed by atoms with van der Waals surface area (Å²) >= 11 is 0. The SMILES string of the molecule is O=C(c1ccn(C(=O)N2CCC3(CCN(Cc4cc(N5CCCC5)ccc4C(F)(F)F)C3)CC2)n1)C1CC1. The molecule has 1 spiro atoms. The van der Waals surface area contributed by atoms with E-state index in [0.29, 0.717) is 24.3 Å². The number of ketones is 1. The highest BCUT2D eigenvalue weighted by Crippen LogP contribution is 2.42. The van der Waals surface area contributed by atoms with Crippen molar-refractivity contribution in [3.8, 4) is 0 Å². The maximum Gasteiger partial charge on any atom is 0.416 e. The van der Waals surface area contributed by atoms with Gasteiger partial charge in [-0.25, -0.2) is 4.79 Å². The summed E-state index contributed by atoms with van der Waals surface area (Å²) in [5, 5.41) is 4.23. The minimum Gasteiger partial charge on any atom is -0.372 e. The number of benzene rings is 1. The van der Waals surface area contributed by atoms with Crippen LogP contribution in [0.2, 0.25) is 0 Å². The molecule has 38 heavy (non-hydrogen) atoms. The summed E-state index contributed by atoms with van der Waals surface area (Å²) in [5.41, 5.74) is 1.06. The Morgan fingerprint density at radius 3 is 2.37 bits per heavy atom. The normalized spacial score (nSPS) is 22.0. The molecular weight excluding hydrogens is 495 g/mol. The first-order valence-corrected chi connectivity index (χ1v) is 13.8. The van der Waals surface area contributed by atoms with Crippen molar-refractivity contribution in [1.82, 2.24) is 19.6 Å². The number of amides is 1. The van der Waals surface area contributed by atoms with Crippen molar-refractivity contribution < 1.29 is 22.8 Å². The van der Waals surface area contributed by atoms with Crippen molar-refractivity contribution in [1.29, 1.82) is 0 Å². The maximum absolute atomic E-state index is 13.8. The summed E-state index contributed by atoms with van der Waals surface area (Å²) in [4.78, 5) is 31.3. The van der Waals surface area contributed by atoms with Crippen molar-refractivity contribution in [2.24, 2.45) is 11.3 Å². The lowest BCUT2D eigenvalue weighted by atomic mass is 9.78. The van der Waals surface area contributed by atoms with Crippen molar-refractivity contribution in [2.75, 3.05) is 44.2 Å². The molecule has 4 aliphatic rings. The molecule has 0 bridgehead atoms. The summed E-state index contributed by atoms with van der Waals surface area (Å²) in [6, 6.07) is 6.00. The molecule has 204 valence electrons. The molecule has 10 heteroatoms. The summed E-state index contributed by atoms with van der Waals surface area (Å²) < 4.78 is 42.8. The molecule has 0 N–H and O–H groups in total. The first-order valence-electron chi connectivity index (χ1n) is 13.8. The smallest absolute Gasteiger partial charge is 0.372 e. The first-order chi connectivity index (χ1) is 18.2. The Bertz CT molecular complexity index is 1210. The lowest BCUT2D eigenvalue weighted by Gasteiger charge is -2.39. The van der Waals surface area contributed by atoms with Crippen molar-refractivity contribution in [3.05, 3.63) is 47.3 Å². The lowest BCUT2D eigenvalue weighted by molar-refractivity contribution is -0.138. The highest BCUT2D eigenvalue weighted by molar-refractivity contribution is 5.97. The molecule has 0 atom stereocenters. The average Bonchev–Trinajstić information content (AvgIpc) is 3.26. The molecule has 1 aromatic heterocycles. The number of hydrogen-bond donors (Lipinski definition) is 0. The fraction of sp³-hybridized carbons (Fsp3) is 0.607. The topological polar surface area (TPSA) is 61.7 Å². The van der Waals surface area contributed by atoms with E-state index in [1.807, 2.05) is 0 Å². The number of nitrogens with zero attached hydrogens (tertiary/aromatic N) is 5. The Balaban J connectivity index is 1.09. The fourth-order valence-corrected chi connectivity index (χ4v) is 6.41. The number of likely N-dealkylation sites (tertiary alicyclic amines) is 2. The van der Waals surface area contributed by atoms with E-state index in [2.05, 4.69) is 14.9 Å². The maximum atomic E-state index is 13.8. The van der Waals surface area contributed by atoms with E-state index in [0.717, 1.165) is 76.8 Å². The third kappa shape index (κ3) is 5.07. The largest absolute Gasteiger partial charge is 0.416 e. The molecule has 2 aromatic rings. The minimum absolute atomic E-state index is 0.0129. The molecule has 4 heterocycles. The molecule has 4 fully saturated rings. The molecule has 1 saturated carbocycles. The summed E-state index contributed by atoms with van der Waals surface area (Å²) in [5.74, 6) is 0.0726. The molecule has 1 amide bonds. The summed E-state index contributed by atoms with van der Waals surface area (Å²) in [6.07, 6.45) is 3.66. The number of aromatic nitrogens is 2. The van der Waals surface area contributed by atoms with Gasteiger partial charge in [-0.3, -0.25) is 9.69 Å². The zero-order valence-corrected chi connectivity index (χ0v) is 21.6. The number of carbonyl (C=O) groups is 2. The van der Waals surface area contributed by atoms with Crippen molar-refractivity contribution >= 4 is 17.5 Å². The number of rotatable bonds is 5. The first kappa shape index (κ1) is 25.4. The standard InChI is InChI=1S/C28H34F3N5O2/c29-28(30,31)23-6-5-22(34-11-1-2-12-34)17-21(23)18-33-14-8-27(19-33)9-15-35(16-10-27)26(38)36-13-7-24(32-36)25(37)20-3-4-20/h5-7,13,17,20H,1-4,8-12,14-16,18-19H2. The number of carbonyl (C=O) groups excluding carboxylic acids is 2. The van der Waals surface area contributed by atoms with Crippen molar-refractivity contribution in [2.45, 2.75) is 57.7 Å². The monoisotopic (exact) mass is 529 g/mol. The van der Waals surface area contributed by atoms with Gasteiger partial charge in [0.15, 0.2) is 5.78 Å². The van der Waals surface area contributed by atoms with Crippen LogP contribution in [0.3, 0.4) is 0 Å². The van der Waals surface area contributed by atoms with Crippen LogP contribution in [0.1, 0.15) is 66.6 Å². The fourth-order valence-electron chi connectivity index (χ4n) is 6.41. The summed E-state index contributed by atoms with van der Waals surface area (Å²) in [6.45, 7) is 4.72. The van der Waals surface area contributed by atoms with Crippen LogP contribution < -0.4 is 4.90 Å². The Morgan fingerprint density at radius 1 is 0.974 bits per heavy atom. The molecule has 1 aromatic carbocycles. The van der Waals surface area contributed by atoms with Crippen molar-refractivity contribution in [3.63, 3.8) is 0 Å². The van der Waals surface area contributed by atoms with Gasteiger partial charge in [-0.2, -0.15) is 23.0 Å². The predicted octanol–water partition coefficient (Wildman–Crippen LogP) is 5.05. The molecule has 1 aliphatic carbocycles. The van der Waals surface area contributed by atoms with Gasteiger partial charge in [-0.15, -0.1) is 0 Å². The van der Waals surface area contributed by atoms with Gasteiger partial charge in [0, 0.05) is 57.1 Å².